The minimum absolute atomic E-state index is 0. The molecule has 0 saturated heterocycles. The van der Waals surface area contributed by atoms with Crippen molar-refractivity contribution in [3.63, 3.8) is 0 Å². The van der Waals surface area contributed by atoms with Crippen molar-refractivity contribution in [1.82, 2.24) is 9.97 Å². The van der Waals surface area contributed by atoms with E-state index < -0.39 is 0 Å². The van der Waals surface area contributed by atoms with Gasteiger partial charge in [0, 0.05) is 58.4 Å². The summed E-state index contributed by atoms with van der Waals surface area (Å²) in [7, 11) is 0. The summed E-state index contributed by atoms with van der Waals surface area (Å²) in [5, 5.41) is 15.0. The third kappa shape index (κ3) is 13.1. The number of hydrogen-bond acceptors (Lipinski definition) is 7. The van der Waals surface area contributed by atoms with Gasteiger partial charge in [-0.25, -0.2) is 9.97 Å². The van der Waals surface area contributed by atoms with Crippen molar-refractivity contribution in [1.29, 1.82) is 0 Å². The molecule has 6 rings (SSSR count). The molecular weight excluding hydrogens is 808 g/mol. The lowest BCUT2D eigenvalue weighted by Crippen LogP contribution is -2.30. The quantitative estimate of drug-likeness (QED) is 0.0872. The van der Waals surface area contributed by atoms with E-state index in [0.29, 0.717) is 29.8 Å². The van der Waals surface area contributed by atoms with Gasteiger partial charge in [-0.1, -0.05) is 100 Å². The molecule has 0 fully saturated rings. The van der Waals surface area contributed by atoms with Crippen LogP contribution in [0.4, 0.5) is 11.4 Å². The number of aromatic nitrogens is 2. The van der Waals surface area contributed by atoms with Gasteiger partial charge in [0.25, 0.3) is 0 Å². The highest BCUT2D eigenvalue weighted by atomic mass is 35.5. The number of thiazole rings is 2. The maximum Gasteiger partial charge on any atom is 0.119 e. The fourth-order valence-electron chi connectivity index (χ4n) is 7.52. The Morgan fingerprint density at radius 2 is 0.898 bits per heavy atom. The SMILES string of the molecule is CCC(CC)c1ccc(N(Cc2ccc(-c3csc(CCl)n3)cc2)C(C)C)cc1.CCC(CC)c1ccc(N(Cc2ccc(-c3csc(CO)n3)cc2)C(C)C)cc1.Cl. The third-order valence-corrected chi connectivity index (χ3v) is 13.3. The normalized spacial score (nSPS) is 11.2. The van der Waals surface area contributed by atoms with Crippen molar-refractivity contribution in [2.75, 3.05) is 9.80 Å². The molecule has 0 aliphatic rings. The van der Waals surface area contributed by atoms with Gasteiger partial charge >= 0.3 is 0 Å². The van der Waals surface area contributed by atoms with Gasteiger partial charge in [0.2, 0.25) is 0 Å². The van der Waals surface area contributed by atoms with Crippen LogP contribution in [0.15, 0.2) is 108 Å². The molecule has 0 amide bonds. The van der Waals surface area contributed by atoms with E-state index in [1.165, 1.54) is 70.6 Å². The van der Waals surface area contributed by atoms with Gasteiger partial charge in [-0.15, -0.1) is 46.7 Å². The van der Waals surface area contributed by atoms with E-state index in [4.69, 9.17) is 11.6 Å². The number of rotatable bonds is 18. The molecule has 2 heterocycles. The Hall–Kier alpha value is -3.72. The van der Waals surface area contributed by atoms with Crippen LogP contribution in [0.25, 0.3) is 22.5 Å². The monoisotopic (exact) mass is 870 g/mol. The highest BCUT2D eigenvalue weighted by Gasteiger charge is 2.16. The van der Waals surface area contributed by atoms with E-state index >= 15 is 0 Å². The van der Waals surface area contributed by atoms with Crippen molar-refractivity contribution >= 4 is 58.1 Å². The number of nitrogens with zero attached hydrogens (tertiary/aromatic N) is 4. The first-order valence-electron chi connectivity index (χ1n) is 21.1. The van der Waals surface area contributed by atoms with Crippen LogP contribution >= 0.6 is 46.7 Å². The summed E-state index contributed by atoms with van der Waals surface area (Å²) in [5.74, 6) is 1.79. The zero-order valence-electron chi connectivity index (χ0n) is 36.2. The van der Waals surface area contributed by atoms with Gasteiger partial charge in [0.1, 0.15) is 10.0 Å². The van der Waals surface area contributed by atoms with Crippen molar-refractivity contribution in [2.45, 2.75) is 131 Å². The lowest BCUT2D eigenvalue weighted by atomic mass is 9.94. The van der Waals surface area contributed by atoms with Gasteiger partial charge in [0.15, 0.2) is 0 Å². The Morgan fingerprint density at radius 3 is 1.19 bits per heavy atom. The van der Waals surface area contributed by atoms with E-state index in [-0.39, 0.29) is 19.0 Å². The molecule has 59 heavy (non-hydrogen) atoms. The molecule has 0 saturated carbocycles. The van der Waals surface area contributed by atoms with Crippen LogP contribution < -0.4 is 9.80 Å². The summed E-state index contributed by atoms with van der Waals surface area (Å²) in [6, 6.07) is 36.5. The average Bonchev–Trinajstić information content (AvgIpc) is 3.95. The maximum atomic E-state index is 9.22. The maximum absolute atomic E-state index is 9.22. The molecular formula is C50H64Cl2N4OS2. The second-order valence-electron chi connectivity index (χ2n) is 15.6. The van der Waals surface area contributed by atoms with E-state index in [1.54, 1.807) is 11.3 Å². The van der Waals surface area contributed by atoms with Crippen molar-refractivity contribution in [2.24, 2.45) is 0 Å². The summed E-state index contributed by atoms with van der Waals surface area (Å²) >= 11 is 9.00. The fraction of sp³-hybridized carbons (Fsp3) is 0.400. The first-order valence-corrected chi connectivity index (χ1v) is 23.4. The van der Waals surface area contributed by atoms with Crippen LogP contribution in [0, 0.1) is 0 Å². The average molecular weight is 872 g/mol. The molecule has 1 N–H and O–H groups in total. The van der Waals surface area contributed by atoms with Gasteiger partial charge < -0.3 is 14.9 Å². The molecule has 0 aliphatic heterocycles. The number of benzene rings is 4. The van der Waals surface area contributed by atoms with Crippen LogP contribution in [0.2, 0.25) is 0 Å². The number of aliphatic hydroxyl groups excluding tert-OH is 1. The smallest absolute Gasteiger partial charge is 0.119 e. The largest absolute Gasteiger partial charge is 0.389 e. The number of hydrogen-bond donors (Lipinski definition) is 1. The van der Waals surface area contributed by atoms with Crippen LogP contribution in [-0.2, 0) is 25.6 Å². The van der Waals surface area contributed by atoms with Crippen molar-refractivity contribution in [3.8, 4) is 22.5 Å². The number of anilines is 2. The first kappa shape index (κ1) is 48.0. The zero-order chi connectivity index (χ0) is 41.6. The highest BCUT2D eigenvalue weighted by Crippen LogP contribution is 2.30. The molecule has 4 aromatic carbocycles. The van der Waals surface area contributed by atoms with Crippen LogP contribution in [0.1, 0.15) is 125 Å². The standard InChI is InChI=1S/C25H31ClN2S.C25H32N2OS.ClH/c1-5-20(6-2)21-11-13-23(14-12-21)28(18(3)4)16-19-7-9-22(10-8-19)24-17-29-25(15-26)27-24;1-5-20(6-2)21-11-13-23(14-12-21)27(18(3)4)15-19-7-9-22(10-8-19)24-17-29-25(16-28)26-24;/h7-14,17-18,20H,5-6,15-16H2,1-4H3;7-14,17-18,20,28H,5-6,15-16H2,1-4H3;1H. The summed E-state index contributed by atoms with van der Waals surface area (Å²) in [6.07, 6.45) is 4.77. The number of alkyl halides is 1. The predicted molar refractivity (Wildman–Crippen MR) is 260 cm³/mol. The first-order chi connectivity index (χ1) is 28.1. The van der Waals surface area contributed by atoms with Crippen LogP contribution in [-0.4, -0.2) is 27.2 Å². The van der Waals surface area contributed by atoms with Gasteiger partial charge in [0.05, 0.1) is 23.9 Å². The molecule has 0 bridgehead atoms. The van der Waals surface area contributed by atoms with E-state index in [9.17, 15) is 5.11 Å². The molecule has 0 radical (unpaired) electrons. The summed E-state index contributed by atoms with van der Waals surface area (Å²) in [5.41, 5.74) is 12.2. The Bertz CT molecular complexity index is 1920. The van der Waals surface area contributed by atoms with Crippen molar-refractivity contribution in [3.05, 3.63) is 140 Å². The molecule has 0 unspecified atom stereocenters. The molecule has 0 aliphatic carbocycles. The summed E-state index contributed by atoms with van der Waals surface area (Å²) in [4.78, 5) is 13.9. The topological polar surface area (TPSA) is 52.5 Å². The second kappa shape index (κ2) is 23.9. The minimum atomic E-state index is 0. The Labute approximate surface area is 374 Å². The molecule has 2 aromatic heterocycles. The van der Waals surface area contributed by atoms with E-state index in [1.807, 2.05) is 5.38 Å². The third-order valence-electron chi connectivity index (χ3n) is 11.2. The van der Waals surface area contributed by atoms with Crippen LogP contribution in [0.3, 0.4) is 0 Å². The number of halogens is 2. The van der Waals surface area contributed by atoms with E-state index in [2.05, 4.69) is 178 Å². The molecule has 9 heteroatoms. The lowest BCUT2D eigenvalue weighted by Gasteiger charge is -2.30. The Morgan fingerprint density at radius 1 is 0.542 bits per heavy atom. The second-order valence-corrected chi connectivity index (χ2v) is 17.7. The fourth-order valence-corrected chi connectivity index (χ4v) is 9.08. The lowest BCUT2D eigenvalue weighted by molar-refractivity contribution is 0.281. The summed E-state index contributed by atoms with van der Waals surface area (Å²) < 4.78 is 0. The Kier molecular flexibility index (Phi) is 19.4. The number of aliphatic hydroxyl groups is 1. The van der Waals surface area contributed by atoms with Gasteiger partial charge in [-0.05, 0) is 112 Å². The highest BCUT2D eigenvalue weighted by molar-refractivity contribution is 7.10. The molecule has 316 valence electrons. The van der Waals surface area contributed by atoms with Gasteiger partial charge in [-0.2, -0.15) is 0 Å². The summed E-state index contributed by atoms with van der Waals surface area (Å²) in [6.45, 7) is 19.9. The molecule has 6 aromatic rings. The molecule has 5 nitrogen and oxygen atoms in total. The molecule has 0 atom stereocenters. The van der Waals surface area contributed by atoms with Crippen LogP contribution in [0.5, 0.6) is 0 Å². The minimum Gasteiger partial charge on any atom is -0.389 e. The van der Waals surface area contributed by atoms with E-state index in [0.717, 1.165) is 45.6 Å². The molecule has 0 spiro atoms. The van der Waals surface area contributed by atoms with Gasteiger partial charge in [-0.3, -0.25) is 0 Å². The van der Waals surface area contributed by atoms with Crippen molar-refractivity contribution < 1.29 is 5.11 Å². The predicted octanol–water partition coefficient (Wildman–Crippen LogP) is 14.9. The Balaban J connectivity index is 0.000000256. The zero-order valence-corrected chi connectivity index (χ0v) is 39.4.